The number of rotatable bonds is 12. The minimum Gasteiger partial charge on any atom is -0.352 e. The predicted octanol–water partition coefficient (Wildman–Crippen LogP) is 6.55. The maximum absolute atomic E-state index is 13.7. The van der Waals surface area contributed by atoms with Gasteiger partial charge in [0.2, 0.25) is 11.8 Å². The van der Waals surface area contributed by atoms with Gasteiger partial charge in [0.15, 0.2) is 0 Å². The molecule has 4 nitrogen and oxygen atoms in total. The van der Waals surface area contributed by atoms with Crippen LogP contribution in [0.5, 0.6) is 0 Å². The summed E-state index contributed by atoms with van der Waals surface area (Å²) in [5.41, 5.74) is 4.43. The Balaban J connectivity index is 1.84. The number of nitrogens with one attached hydrogen (secondary N) is 1. The minimum atomic E-state index is -0.600. The molecular formula is C30H35BrN2O2S. The van der Waals surface area contributed by atoms with Crippen LogP contribution >= 0.6 is 27.7 Å². The summed E-state index contributed by atoms with van der Waals surface area (Å²) in [5.74, 6) is 0.921. The van der Waals surface area contributed by atoms with E-state index in [1.54, 1.807) is 16.7 Å². The topological polar surface area (TPSA) is 49.4 Å². The Morgan fingerprint density at radius 2 is 1.56 bits per heavy atom. The number of thioether (sulfide) groups is 1. The number of aryl methyl sites for hydroxylation is 1. The van der Waals surface area contributed by atoms with Crippen molar-refractivity contribution in [2.24, 2.45) is 0 Å². The number of carbonyl (C=O) groups is 2. The van der Waals surface area contributed by atoms with Crippen molar-refractivity contribution in [3.8, 4) is 0 Å². The molecule has 0 aliphatic rings. The van der Waals surface area contributed by atoms with Crippen LogP contribution in [0, 0.1) is 6.92 Å². The molecular weight excluding hydrogens is 532 g/mol. The molecule has 36 heavy (non-hydrogen) atoms. The summed E-state index contributed by atoms with van der Waals surface area (Å²) in [4.78, 5) is 28.9. The second-order valence-electron chi connectivity index (χ2n) is 9.15. The third-order valence-corrected chi connectivity index (χ3v) is 7.67. The number of carbonyl (C=O) groups excluding carboxylic acids is 2. The molecule has 2 atom stereocenters. The van der Waals surface area contributed by atoms with Gasteiger partial charge < -0.3 is 10.2 Å². The molecule has 0 aliphatic carbocycles. The molecule has 0 unspecified atom stereocenters. The lowest BCUT2D eigenvalue weighted by Gasteiger charge is -2.32. The highest BCUT2D eigenvalue weighted by Gasteiger charge is 2.30. The average molecular weight is 568 g/mol. The van der Waals surface area contributed by atoms with Crippen LogP contribution in [0.1, 0.15) is 42.5 Å². The van der Waals surface area contributed by atoms with Crippen LogP contribution in [0.2, 0.25) is 0 Å². The van der Waals surface area contributed by atoms with Gasteiger partial charge in [-0.3, -0.25) is 9.59 Å². The molecule has 3 aromatic rings. The molecule has 0 spiro atoms. The second kappa shape index (κ2) is 14.2. The van der Waals surface area contributed by atoms with Crippen LogP contribution in [0.4, 0.5) is 0 Å². The SMILES string of the molecule is CC[C@@H](C)NC(=O)[C@H](Cc1ccccc1)N(Cc1ccc(Br)cc1)C(=O)CSCc1ccc(C)cc1. The summed E-state index contributed by atoms with van der Waals surface area (Å²) >= 11 is 5.07. The predicted molar refractivity (Wildman–Crippen MR) is 154 cm³/mol. The van der Waals surface area contributed by atoms with Crippen LogP contribution in [0.25, 0.3) is 0 Å². The van der Waals surface area contributed by atoms with Crippen molar-refractivity contribution in [2.45, 2.75) is 58.0 Å². The maximum Gasteiger partial charge on any atom is 0.243 e. The van der Waals surface area contributed by atoms with Crippen molar-refractivity contribution in [1.82, 2.24) is 10.2 Å². The molecule has 3 rings (SSSR count). The maximum atomic E-state index is 13.7. The van der Waals surface area contributed by atoms with Gasteiger partial charge in [-0.25, -0.2) is 0 Å². The van der Waals surface area contributed by atoms with Gasteiger partial charge in [0.25, 0.3) is 0 Å². The molecule has 0 bridgehead atoms. The molecule has 0 radical (unpaired) electrons. The van der Waals surface area contributed by atoms with Gasteiger partial charge >= 0.3 is 0 Å². The Kier molecular flexibility index (Phi) is 11.1. The van der Waals surface area contributed by atoms with Crippen molar-refractivity contribution < 1.29 is 9.59 Å². The molecule has 0 saturated heterocycles. The molecule has 0 aliphatic heterocycles. The first-order chi connectivity index (χ1) is 17.4. The monoisotopic (exact) mass is 566 g/mol. The first-order valence-electron chi connectivity index (χ1n) is 12.4. The highest BCUT2D eigenvalue weighted by molar-refractivity contribution is 9.10. The van der Waals surface area contributed by atoms with Crippen molar-refractivity contribution in [3.05, 3.63) is 106 Å². The lowest BCUT2D eigenvalue weighted by Crippen LogP contribution is -2.52. The number of hydrogen-bond acceptors (Lipinski definition) is 3. The van der Waals surface area contributed by atoms with Gasteiger partial charge in [0.05, 0.1) is 5.75 Å². The van der Waals surface area contributed by atoms with E-state index >= 15 is 0 Å². The van der Waals surface area contributed by atoms with E-state index in [0.717, 1.165) is 27.8 Å². The van der Waals surface area contributed by atoms with Crippen LogP contribution in [0.3, 0.4) is 0 Å². The third kappa shape index (κ3) is 8.82. The fraction of sp³-hybridized carbons (Fsp3) is 0.333. The van der Waals surface area contributed by atoms with Crippen LogP contribution in [0.15, 0.2) is 83.3 Å². The van der Waals surface area contributed by atoms with Gasteiger partial charge in [-0.05, 0) is 49.1 Å². The van der Waals surface area contributed by atoms with Crippen LogP contribution < -0.4 is 5.32 Å². The zero-order valence-corrected chi connectivity index (χ0v) is 23.6. The van der Waals surface area contributed by atoms with Gasteiger partial charge in [-0.2, -0.15) is 0 Å². The Morgan fingerprint density at radius 1 is 0.917 bits per heavy atom. The van der Waals surface area contributed by atoms with E-state index in [2.05, 4.69) is 52.4 Å². The Bertz CT molecular complexity index is 1100. The fourth-order valence-electron chi connectivity index (χ4n) is 3.80. The summed E-state index contributed by atoms with van der Waals surface area (Å²) in [7, 11) is 0. The Hall–Kier alpha value is -2.57. The number of hydrogen-bond donors (Lipinski definition) is 1. The molecule has 0 heterocycles. The number of amides is 2. The quantitative estimate of drug-likeness (QED) is 0.270. The lowest BCUT2D eigenvalue weighted by atomic mass is 10.0. The van der Waals surface area contributed by atoms with E-state index in [4.69, 9.17) is 0 Å². The van der Waals surface area contributed by atoms with Crippen molar-refractivity contribution >= 4 is 39.5 Å². The summed E-state index contributed by atoms with van der Waals surface area (Å²) in [5, 5.41) is 3.12. The summed E-state index contributed by atoms with van der Waals surface area (Å²) < 4.78 is 0.980. The fourth-order valence-corrected chi connectivity index (χ4v) is 4.94. The second-order valence-corrected chi connectivity index (χ2v) is 11.1. The minimum absolute atomic E-state index is 0.0322. The average Bonchev–Trinajstić information content (AvgIpc) is 2.88. The van der Waals surface area contributed by atoms with Gasteiger partial charge in [0.1, 0.15) is 6.04 Å². The molecule has 3 aromatic carbocycles. The molecule has 2 amide bonds. The largest absolute Gasteiger partial charge is 0.352 e. The standard InChI is InChI=1S/C30H35BrN2O2S/c1-4-23(3)32-30(35)28(18-24-8-6-5-7-9-24)33(19-25-14-16-27(31)17-15-25)29(34)21-36-20-26-12-10-22(2)11-13-26/h5-17,23,28H,4,18-21H2,1-3H3,(H,32,35)/t23-,28+/m1/s1. The molecule has 0 aromatic heterocycles. The summed E-state index contributed by atoms with van der Waals surface area (Å²) in [6.45, 7) is 6.49. The zero-order chi connectivity index (χ0) is 25.9. The van der Waals surface area contributed by atoms with Gasteiger partial charge in [-0.15, -0.1) is 11.8 Å². The van der Waals surface area contributed by atoms with Gasteiger partial charge in [-0.1, -0.05) is 95.1 Å². The van der Waals surface area contributed by atoms with Crippen molar-refractivity contribution in [3.63, 3.8) is 0 Å². The summed E-state index contributed by atoms with van der Waals surface area (Å²) in [6.07, 6.45) is 1.30. The lowest BCUT2D eigenvalue weighted by molar-refractivity contribution is -0.139. The highest BCUT2D eigenvalue weighted by atomic mass is 79.9. The van der Waals surface area contributed by atoms with E-state index in [1.165, 1.54) is 11.1 Å². The molecule has 1 N–H and O–H groups in total. The van der Waals surface area contributed by atoms with E-state index in [1.807, 2.05) is 68.4 Å². The number of halogens is 1. The summed E-state index contributed by atoms with van der Waals surface area (Å²) in [6, 6.07) is 25.7. The molecule has 0 saturated carbocycles. The van der Waals surface area contributed by atoms with Gasteiger partial charge in [0, 0.05) is 29.2 Å². The smallest absolute Gasteiger partial charge is 0.243 e. The Morgan fingerprint density at radius 3 is 2.19 bits per heavy atom. The Labute approximate surface area is 228 Å². The van der Waals surface area contributed by atoms with Crippen molar-refractivity contribution in [1.29, 1.82) is 0 Å². The van der Waals surface area contributed by atoms with E-state index in [0.29, 0.717) is 18.7 Å². The van der Waals surface area contributed by atoms with Crippen LogP contribution in [-0.4, -0.2) is 34.6 Å². The number of nitrogens with zero attached hydrogens (tertiary/aromatic N) is 1. The zero-order valence-electron chi connectivity index (χ0n) is 21.2. The van der Waals surface area contributed by atoms with E-state index in [9.17, 15) is 9.59 Å². The molecule has 0 fully saturated rings. The van der Waals surface area contributed by atoms with E-state index < -0.39 is 6.04 Å². The third-order valence-electron chi connectivity index (χ3n) is 6.15. The number of benzene rings is 3. The molecule has 6 heteroatoms. The van der Waals surface area contributed by atoms with Crippen LogP contribution in [-0.2, 0) is 28.3 Å². The highest BCUT2D eigenvalue weighted by Crippen LogP contribution is 2.20. The van der Waals surface area contributed by atoms with E-state index in [-0.39, 0.29) is 17.9 Å². The first-order valence-corrected chi connectivity index (χ1v) is 14.3. The normalized spacial score (nSPS) is 12.6. The van der Waals surface area contributed by atoms with Crippen molar-refractivity contribution in [2.75, 3.05) is 5.75 Å². The first kappa shape index (κ1) is 28.0. The molecule has 190 valence electrons.